The normalized spacial score (nSPS) is 17.8. The third-order valence-corrected chi connectivity index (χ3v) is 9.71. The minimum Gasteiger partial charge on any atom is -0.319 e. The number of hydrogen-bond acceptors (Lipinski definition) is 5. The standard InChI is InChI=1S/C25H30N4O3S2/c1-3-28-23-12-11-20(34(31,32)27-14-7-4-8-15-27)17-21(23)26-25(28)33-18(2)24(30)29-16-13-19-9-5-6-10-22(19)29/h5-6,9-12,17-18H,3-4,7-8,13-16H2,1-2H3/t18-/m0/s1. The fourth-order valence-electron chi connectivity index (χ4n) is 4.89. The lowest BCUT2D eigenvalue weighted by Gasteiger charge is -2.25. The van der Waals surface area contributed by atoms with Crippen molar-refractivity contribution in [1.29, 1.82) is 0 Å². The van der Waals surface area contributed by atoms with E-state index in [1.807, 2.05) is 43.0 Å². The van der Waals surface area contributed by atoms with Crippen molar-refractivity contribution in [3.63, 3.8) is 0 Å². The SMILES string of the molecule is CCn1c(S[C@@H](C)C(=O)N2CCc3ccccc32)nc2cc(S(=O)(=O)N3CCCCC3)ccc21. The number of carbonyl (C=O) groups excluding carboxylic acids is 1. The van der Waals surface area contributed by atoms with E-state index < -0.39 is 10.0 Å². The van der Waals surface area contributed by atoms with E-state index >= 15 is 0 Å². The second-order valence-corrected chi connectivity index (χ2v) is 12.1. The molecule has 0 bridgehead atoms. The van der Waals surface area contributed by atoms with Gasteiger partial charge in [-0.2, -0.15) is 4.31 Å². The molecule has 1 amide bonds. The highest BCUT2D eigenvalue weighted by atomic mass is 32.2. The van der Waals surface area contributed by atoms with Crippen molar-refractivity contribution in [3.05, 3.63) is 48.0 Å². The highest BCUT2D eigenvalue weighted by Gasteiger charge is 2.30. The first-order valence-corrected chi connectivity index (χ1v) is 14.3. The third kappa shape index (κ3) is 4.14. The van der Waals surface area contributed by atoms with Gasteiger partial charge in [0.1, 0.15) is 0 Å². The number of aromatic nitrogens is 2. The Kier molecular flexibility index (Phi) is 6.43. The first kappa shape index (κ1) is 23.4. The molecule has 0 unspecified atom stereocenters. The number of amides is 1. The lowest BCUT2D eigenvalue weighted by Crippen LogP contribution is -2.35. The Morgan fingerprint density at radius 1 is 1.09 bits per heavy atom. The van der Waals surface area contributed by atoms with Gasteiger partial charge in [-0.1, -0.05) is 36.4 Å². The average Bonchev–Trinajstić information content (AvgIpc) is 3.44. The Hall–Kier alpha value is -2.36. The number of nitrogens with zero attached hydrogens (tertiary/aromatic N) is 4. The van der Waals surface area contributed by atoms with Gasteiger partial charge < -0.3 is 9.47 Å². The zero-order valence-corrected chi connectivity index (χ0v) is 21.2. The van der Waals surface area contributed by atoms with Crippen LogP contribution in [0.3, 0.4) is 0 Å². The van der Waals surface area contributed by atoms with E-state index in [4.69, 9.17) is 4.98 Å². The van der Waals surface area contributed by atoms with Gasteiger partial charge in [-0.15, -0.1) is 0 Å². The van der Waals surface area contributed by atoms with E-state index in [1.54, 1.807) is 16.4 Å². The number of para-hydroxylation sites is 1. The Morgan fingerprint density at radius 3 is 2.62 bits per heavy atom. The molecule has 1 atom stereocenters. The van der Waals surface area contributed by atoms with Crippen molar-refractivity contribution in [2.75, 3.05) is 24.5 Å². The summed E-state index contributed by atoms with van der Waals surface area (Å²) in [5.41, 5.74) is 3.73. The number of hydrogen-bond donors (Lipinski definition) is 0. The van der Waals surface area contributed by atoms with Gasteiger partial charge in [0.25, 0.3) is 0 Å². The van der Waals surface area contributed by atoms with Gasteiger partial charge in [0, 0.05) is 31.9 Å². The fourth-order valence-corrected chi connectivity index (χ4v) is 7.48. The summed E-state index contributed by atoms with van der Waals surface area (Å²) < 4.78 is 29.9. The Balaban J connectivity index is 1.41. The number of carbonyl (C=O) groups is 1. The zero-order chi connectivity index (χ0) is 23.9. The van der Waals surface area contributed by atoms with Crippen molar-refractivity contribution < 1.29 is 13.2 Å². The zero-order valence-electron chi connectivity index (χ0n) is 19.6. The van der Waals surface area contributed by atoms with Crippen molar-refractivity contribution in [2.24, 2.45) is 0 Å². The number of piperidine rings is 1. The number of sulfonamides is 1. The summed E-state index contributed by atoms with van der Waals surface area (Å²) in [6.07, 6.45) is 3.76. The van der Waals surface area contributed by atoms with E-state index in [0.717, 1.165) is 42.0 Å². The molecule has 5 rings (SSSR count). The van der Waals surface area contributed by atoms with Crippen LogP contribution in [0.1, 0.15) is 38.7 Å². The Labute approximate surface area is 205 Å². The molecule has 0 spiro atoms. The van der Waals surface area contributed by atoms with Gasteiger partial charge in [-0.05, 0) is 62.9 Å². The van der Waals surface area contributed by atoms with Crippen LogP contribution in [0.5, 0.6) is 0 Å². The van der Waals surface area contributed by atoms with Crippen molar-refractivity contribution in [1.82, 2.24) is 13.9 Å². The van der Waals surface area contributed by atoms with Crippen molar-refractivity contribution >= 4 is 44.4 Å². The van der Waals surface area contributed by atoms with Gasteiger partial charge in [0.05, 0.1) is 21.2 Å². The molecule has 7 nitrogen and oxygen atoms in total. The van der Waals surface area contributed by atoms with Crippen LogP contribution in [-0.4, -0.2) is 53.1 Å². The monoisotopic (exact) mass is 498 g/mol. The van der Waals surface area contributed by atoms with Gasteiger partial charge in [-0.3, -0.25) is 4.79 Å². The van der Waals surface area contributed by atoms with Crippen LogP contribution in [0.25, 0.3) is 11.0 Å². The van der Waals surface area contributed by atoms with E-state index in [9.17, 15) is 13.2 Å². The maximum absolute atomic E-state index is 13.3. The number of aryl methyl sites for hydroxylation is 1. The van der Waals surface area contributed by atoms with Crippen LogP contribution < -0.4 is 4.90 Å². The molecule has 9 heteroatoms. The van der Waals surface area contributed by atoms with E-state index in [-0.39, 0.29) is 16.1 Å². The summed E-state index contributed by atoms with van der Waals surface area (Å²) >= 11 is 1.43. The number of thioether (sulfide) groups is 1. The van der Waals surface area contributed by atoms with Crippen LogP contribution in [-0.2, 0) is 27.8 Å². The van der Waals surface area contributed by atoms with Gasteiger partial charge >= 0.3 is 0 Å². The molecule has 0 aliphatic carbocycles. The summed E-state index contributed by atoms with van der Waals surface area (Å²) in [5.74, 6) is 0.0676. The minimum atomic E-state index is -3.52. The number of benzene rings is 2. The molecule has 1 saturated heterocycles. The van der Waals surface area contributed by atoms with Gasteiger partial charge in [0.15, 0.2) is 5.16 Å². The van der Waals surface area contributed by atoms with E-state index in [1.165, 1.54) is 17.3 Å². The van der Waals surface area contributed by atoms with Crippen LogP contribution >= 0.6 is 11.8 Å². The number of rotatable bonds is 6. The topological polar surface area (TPSA) is 75.5 Å². The minimum absolute atomic E-state index is 0.0676. The maximum Gasteiger partial charge on any atom is 0.243 e. The van der Waals surface area contributed by atoms with E-state index in [2.05, 4.69) is 10.6 Å². The fraction of sp³-hybridized carbons (Fsp3) is 0.440. The average molecular weight is 499 g/mol. The number of anilines is 1. The van der Waals surface area contributed by atoms with Crippen LogP contribution in [0.4, 0.5) is 5.69 Å². The summed E-state index contributed by atoms with van der Waals surface area (Å²) in [4.78, 5) is 20.2. The summed E-state index contributed by atoms with van der Waals surface area (Å²) in [7, 11) is -3.52. The first-order valence-electron chi connectivity index (χ1n) is 12.0. The smallest absolute Gasteiger partial charge is 0.243 e. The molecule has 0 N–H and O–H groups in total. The number of fused-ring (bicyclic) bond motifs is 2. The molecule has 2 aliphatic heterocycles. The predicted octanol–water partition coefficient (Wildman–Crippen LogP) is 4.30. The second kappa shape index (κ2) is 9.36. The molecule has 0 radical (unpaired) electrons. The molecule has 34 heavy (non-hydrogen) atoms. The predicted molar refractivity (Wildman–Crippen MR) is 136 cm³/mol. The van der Waals surface area contributed by atoms with Crippen molar-refractivity contribution in [3.8, 4) is 0 Å². The highest BCUT2D eigenvalue weighted by molar-refractivity contribution is 8.00. The molecule has 1 fully saturated rings. The van der Waals surface area contributed by atoms with E-state index in [0.29, 0.717) is 31.7 Å². The summed E-state index contributed by atoms with van der Waals surface area (Å²) in [6.45, 7) is 6.48. The summed E-state index contributed by atoms with van der Waals surface area (Å²) in [5, 5.41) is 0.420. The molecule has 2 aliphatic rings. The maximum atomic E-state index is 13.3. The number of imidazole rings is 1. The Morgan fingerprint density at radius 2 is 1.85 bits per heavy atom. The lowest BCUT2D eigenvalue weighted by molar-refractivity contribution is -0.117. The molecular formula is C25H30N4O3S2. The van der Waals surface area contributed by atoms with Crippen LogP contribution in [0.15, 0.2) is 52.5 Å². The molecule has 2 aromatic carbocycles. The molecule has 180 valence electrons. The van der Waals surface area contributed by atoms with Crippen LogP contribution in [0.2, 0.25) is 0 Å². The second-order valence-electron chi connectivity index (χ2n) is 8.88. The first-order chi connectivity index (χ1) is 16.4. The molecular weight excluding hydrogens is 468 g/mol. The molecule has 1 aromatic heterocycles. The molecule has 3 heterocycles. The Bertz CT molecular complexity index is 1330. The largest absolute Gasteiger partial charge is 0.319 e. The molecule has 0 saturated carbocycles. The van der Waals surface area contributed by atoms with Crippen LogP contribution in [0, 0.1) is 0 Å². The quantitative estimate of drug-likeness (QED) is 0.474. The van der Waals surface area contributed by atoms with Crippen molar-refractivity contribution in [2.45, 2.75) is 61.4 Å². The summed E-state index contributed by atoms with van der Waals surface area (Å²) in [6, 6.07) is 13.3. The van der Waals surface area contributed by atoms with Gasteiger partial charge in [0.2, 0.25) is 15.9 Å². The molecule has 3 aromatic rings. The van der Waals surface area contributed by atoms with Gasteiger partial charge in [-0.25, -0.2) is 13.4 Å². The highest BCUT2D eigenvalue weighted by Crippen LogP contribution is 2.33. The lowest BCUT2D eigenvalue weighted by atomic mass is 10.2. The third-order valence-electron chi connectivity index (χ3n) is 6.74.